The Bertz CT molecular complexity index is 507. The number of nitrogens with two attached hydrogens (primary N) is 1. The van der Waals surface area contributed by atoms with Crippen LogP contribution in [0, 0.1) is 5.92 Å². The number of benzene rings is 1. The first kappa shape index (κ1) is 16.1. The Labute approximate surface area is 135 Å². The van der Waals surface area contributed by atoms with E-state index in [1.807, 2.05) is 0 Å². The normalized spacial score (nSPS) is 19.9. The molecule has 0 aliphatic carbocycles. The largest absolute Gasteiger partial charge is 0.371 e. The second-order valence-corrected chi connectivity index (χ2v) is 7.60. The van der Waals surface area contributed by atoms with Gasteiger partial charge in [0.05, 0.1) is 0 Å². The van der Waals surface area contributed by atoms with E-state index in [9.17, 15) is 0 Å². The van der Waals surface area contributed by atoms with E-state index >= 15 is 0 Å². The molecule has 1 unspecified atom stereocenters. The van der Waals surface area contributed by atoms with Gasteiger partial charge in [-0.2, -0.15) is 0 Å². The molecule has 0 amide bonds. The molecule has 0 saturated carbocycles. The zero-order valence-electron chi connectivity index (χ0n) is 13.1. The van der Waals surface area contributed by atoms with Crippen LogP contribution in [0.25, 0.3) is 0 Å². The number of hydrogen-bond acceptors (Lipinski definition) is 2. The molecule has 0 bridgehead atoms. The lowest BCUT2D eigenvalue weighted by molar-refractivity contribution is 0.505. The van der Waals surface area contributed by atoms with Gasteiger partial charge >= 0.3 is 0 Å². The molecule has 21 heavy (non-hydrogen) atoms. The van der Waals surface area contributed by atoms with Gasteiger partial charge in [0.15, 0.2) is 5.96 Å². The van der Waals surface area contributed by atoms with E-state index < -0.39 is 0 Å². The maximum Gasteiger partial charge on any atom is 0.188 e. The highest BCUT2D eigenvalue weighted by Gasteiger charge is 2.22. The van der Waals surface area contributed by atoms with Crippen LogP contribution in [0.5, 0.6) is 0 Å². The molecule has 116 valence electrons. The predicted octanol–water partition coefficient (Wildman–Crippen LogP) is 2.98. The van der Waals surface area contributed by atoms with Gasteiger partial charge in [-0.25, -0.2) is 0 Å². The first-order valence-electron chi connectivity index (χ1n) is 7.42. The van der Waals surface area contributed by atoms with Gasteiger partial charge in [-0.3, -0.25) is 4.99 Å². The molecular formula is C16H25BrN4. The summed E-state index contributed by atoms with van der Waals surface area (Å²) in [6.07, 6.45) is 1.17. The van der Waals surface area contributed by atoms with Gasteiger partial charge in [-0.05, 0) is 51.3 Å². The Morgan fingerprint density at radius 2 is 2.24 bits per heavy atom. The zero-order chi connectivity index (χ0) is 15.5. The van der Waals surface area contributed by atoms with E-state index in [2.05, 4.69) is 76.2 Å². The Morgan fingerprint density at radius 3 is 2.90 bits per heavy atom. The molecule has 0 spiro atoms. The van der Waals surface area contributed by atoms with Crippen LogP contribution in [0.15, 0.2) is 33.7 Å². The highest BCUT2D eigenvalue weighted by atomic mass is 79.9. The molecule has 1 aliphatic rings. The number of nitrogens with zero attached hydrogens (tertiary/aromatic N) is 2. The highest BCUT2D eigenvalue weighted by Crippen LogP contribution is 2.26. The van der Waals surface area contributed by atoms with E-state index in [4.69, 9.17) is 5.73 Å². The van der Waals surface area contributed by atoms with Crippen molar-refractivity contribution in [2.75, 3.05) is 24.5 Å². The number of hydrogen-bond donors (Lipinski definition) is 2. The van der Waals surface area contributed by atoms with Gasteiger partial charge in [0, 0.05) is 35.3 Å². The van der Waals surface area contributed by atoms with Crippen molar-refractivity contribution < 1.29 is 0 Å². The maximum absolute atomic E-state index is 5.92. The van der Waals surface area contributed by atoms with Gasteiger partial charge < -0.3 is 16.0 Å². The van der Waals surface area contributed by atoms with E-state index in [1.54, 1.807) is 0 Å². The molecule has 1 aliphatic heterocycles. The standard InChI is InChI=1S/C16H25BrN4/c1-16(2,3)20-15(18)19-10-12-7-8-21(11-12)14-6-4-5-13(17)9-14/h4-6,9,12H,7-8,10-11H2,1-3H3,(H3,18,19,20). The van der Waals surface area contributed by atoms with Gasteiger partial charge in [0.1, 0.15) is 0 Å². The van der Waals surface area contributed by atoms with Crippen molar-refractivity contribution in [2.24, 2.45) is 16.6 Å². The topological polar surface area (TPSA) is 53.6 Å². The lowest BCUT2D eigenvalue weighted by Gasteiger charge is -2.21. The average molecular weight is 353 g/mol. The highest BCUT2D eigenvalue weighted by molar-refractivity contribution is 9.10. The molecule has 4 nitrogen and oxygen atoms in total. The number of aliphatic imine (C=N–C) groups is 1. The first-order chi connectivity index (χ1) is 9.83. The van der Waals surface area contributed by atoms with E-state index in [0.717, 1.165) is 24.1 Å². The lowest BCUT2D eigenvalue weighted by atomic mass is 10.1. The molecule has 1 heterocycles. The van der Waals surface area contributed by atoms with Crippen LogP contribution in [-0.2, 0) is 0 Å². The van der Waals surface area contributed by atoms with Crippen LogP contribution in [0.3, 0.4) is 0 Å². The minimum absolute atomic E-state index is 0.0361. The maximum atomic E-state index is 5.92. The van der Waals surface area contributed by atoms with Crippen LogP contribution < -0.4 is 16.0 Å². The van der Waals surface area contributed by atoms with Crippen molar-refractivity contribution >= 4 is 27.6 Å². The second-order valence-electron chi connectivity index (χ2n) is 6.68. The molecule has 1 atom stereocenters. The fourth-order valence-electron chi connectivity index (χ4n) is 2.54. The minimum Gasteiger partial charge on any atom is -0.371 e. The molecule has 3 N–H and O–H groups in total. The predicted molar refractivity (Wildman–Crippen MR) is 93.8 cm³/mol. The minimum atomic E-state index is -0.0361. The summed E-state index contributed by atoms with van der Waals surface area (Å²) in [7, 11) is 0. The fraction of sp³-hybridized carbons (Fsp3) is 0.562. The Kier molecular flexibility index (Phi) is 5.14. The molecule has 1 saturated heterocycles. The van der Waals surface area contributed by atoms with Crippen molar-refractivity contribution in [1.82, 2.24) is 5.32 Å². The van der Waals surface area contributed by atoms with Crippen molar-refractivity contribution in [2.45, 2.75) is 32.7 Å². The molecule has 5 heteroatoms. The van der Waals surface area contributed by atoms with Crippen LogP contribution in [-0.4, -0.2) is 31.1 Å². The third-order valence-electron chi connectivity index (χ3n) is 3.48. The van der Waals surface area contributed by atoms with E-state index in [0.29, 0.717) is 11.9 Å². The number of guanidine groups is 1. The van der Waals surface area contributed by atoms with Crippen molar-refractivity contribution in [3.05, 3.63) is 28.7 Å². The van der Waals surface area contributed by atoms with Crippen LogP contribution in [0.2, 0.25) is 0 Å². The molecule has 1 fully saturated rings. The third-order valence-corrected chi connectivity index (χ3v) is 3.98. The first-order valence-corrected chi connectivity index (χ1v) is 8.21. The quantitative estimate of drug-likeness (QED) is 0.649. The summed E-state index contributed by atoms with van der Waals surface area (Å²) < 4.78 is 1.13. The van der Waals surface area contributed by atoms with Gasteiger partial charge in [0.2, 0.25) is 0 Å². The summed E-state index contributed by atoms with van der Waals surface area (Å²) in [5.74, 6) is 1.12. The molecule has 1 aromatic rings. The summed E-state index contributed by atoms with van der Waals surface area (Å²) in [6.45, 7) is 9.17. The smallest absolute Gasteiger partial charge is 0.188 e. The van der Waals surface area contributed by atoms with E-state index in [-0.39, 0.29) is 5.54 Å². The fourth-order valence-corrected chi connectivity index (χ4v) is 2.93. The Balaban J connectivity index is 1.87. The summed E-state index contributed by atoms with van der Waals surface area (Å²) in [5, 5.41) is 3.20. The third kappa shape index (κ3) is 5.23. The van der Waals surface area contributed by atoms with Gasteiger partial charge in [-0.1, -0.05) is 22.0 Å². The van der Waals surface area contributed by atoms with Crippen molar-refractivity contribution in [3.8, 4) is 0 Å². The number of nitrogens with one attached hydrogen (secondary N) is 1. The van der Waals surface area contributed by atoms with Crippen LogP contribution >= 0.6 is 15.9 Å². The number of anilines is 1. The Hall–Kier alpha value is -1.23. The summed E-state index contributed by atoms with van der Waals surface area (Å²) in [6, 6.07) is 8.46. The molecular weight excluding hydrogens is 328 g/mol. The Morgan fingerprint density at radius 1 is 1.48 bits per heavy atom. The van der Waals surface area contributed by atoms with Crippen molar-refractivity contribution in [3.63, 3.8) is 0 Å². The van der Waals surface area contributed by atoms with Gasteiger partial charge in [-0.15, -0.1) is 0 Å². The average Bonchev–Trinajstić information content (AvgIpc) is 2.83. The monoisotopic (exact) mass is 352 g/mol. The molecule has 2 rings (SSSR count). The summed E-state index contributed by atoms with van der Waals surface area (Å²) in [5.41, 5.74) is 7.16. The van der Waals surface area contributed by atoms with Gasteiger partial charge in [0.25, 0.3) is 0 Å². The van der Waals surface area contributed by atoms with E-state index in [1.165, 1.54) is 12.1 Å². The number of halogens is 1. The van der Waals surface area contributed by atoms with Crippen molar-refractivity contribution in [1.29, 1.82) is 0 Å². The number of rotatable bonds is 3. The molecule has 0 radical (unpaired) electrons. The zero-order valence-corrected chi connectivity index (χ0v) is 14.7. The van der Waals surface area contributed by atoms with Crippen LogP contribution in [0.1, 0.15) is 27.2 Å². The van der Waals surface area contributed by atoms with Crippen LogP contribution in [0.4, 0.5) is 5.69 Å². The summed E-state index contributed by atoms with van der Waals surface area (Å²) >= 11 is 3.53. The summed E-state index contributed by atoms with van der Waals surface area (Å²) in [4.78, 5) is 6.90. The SMILES string of the molecule is CC(C)(C)NC(N)=NCC1CCN(c2cccc(Br)c2)C1. The second kappa shape index (κ2) is 6.69. The lowest BCUT2D eigenvalue weighted by Crippen LogP contribution is -2.45. The molecule has 0 aromatic heterocycles. The molecule has 1 aromatic carbocycles.